The lowest BCUT2D eigenvalue weighted by Gasteiger charge is -2.20. The minimum Gasteiger partial charge on any atom is -0.340 e. The van der Waals surface area contributed by atoms with Crippen molar-refractivity contribution in [3.63, 3.8) is 0 Å². The van der Waals surface area contributed by atoms with E-state index in [2.05, 4.69) is 30.1 Å². The molecule has 5 nitrogen and oxygen atoms in total. The van der Waals surface area contributed by atoms with Crippen LogP contribution in [0.25, 0.3) is 0 Å². The smallest absolute Gasteiger partial charge is 0.225 e. The maximum absolute atomic E-state index is 4.38. The number of hydrogen-bond acceptors (Lipinski definition) is 6. The van der Waals surface area contributed by atoms with Gasteiger partial charge in [-0.1, -0.05) is 0 Å². The van der Waals surface area contributed by atoms with Crippen molar-refractivity contribution in [2.45, 2.75) is 6.54 Å². The molecule has 0 spiro atoms. The summed E-state index contributed by atoms with van der Waals surface area (Å²) in [7, 11) is 0. The quantitative estimate of drug-likeness (QED) is 0.856. The molecule has 6 heteroatoms. The van der Waals surface area contributed by atoms with E-state index in [1.807, 2.05) is 24.7 Å². The lowest BCUT2D eigenvalue weighted by atomic mass is 10.0. The Morgan fingerprint density at radius 3 is 2.40 bits per heavy atom. The number of fused-ring (bicyclic) bond motifs is 1. The van der Waals surface area contributed by atoms with Crippen LogP contribution in [0.15, 0.2) is 30.0 Å². The second-order valence-corrected chi connectivity index (χ2v) is 6.57. The van der Waals surface area contributed by atoms with Crippen molar-refractivity contribution in [3.05, 3.63) is 35.0 Å². The Morgan fingerprint density at radius 1 is 1.00 bits per heavy atom. The van der Waals surface area contributed by atoms with Crippen molar-refractivity contribution in [2.75, 3.05) is 31.1 Å². The first kappa shape index (κ1) is 12.2. The molecule has 0 amide bonds. The molecule has 0 unspecified atom stereocenters. The molecule has 0 aliphatic carbocycles. The molecule has 2 aliphatic rings. The van der Waals surface area contributed by atoms with Gasteiger partial charge < -0.3 is 4.90 Å². The SMILES string of the molecule is c1cnc(N2C[C@@H]3CN(Cc4nccs4)C[C@H]3C2)nc1. The van der Waals surface area contributed by atoms with Gasteiger partial charge in [-0.2, -0.15) is 0 Å². The summed E-state index contributed by atoms with van der Waals surface area (Å²) >= 11 is 1.75. The van der Waals surface area contributed by atoms with Crippen LogP contribution in [0.1, 0.15) is 5.01 Å². The van der Waals surface area contributed by atoms with Gasteiger partial charge in [0, 0.05) is 50.1 Å². The average Bonchev–Trinajstić information content (AvgIpc) is 3.16. The fourth-order valence-electron chi connectivity index (χ4n) is 3.36. The van der Waals surface area contributed by atoms with Crippen molar-refractivity contribution in [3.8, 4) is 0 Å². The zero-order valence-corrected chi connectivity index (χ0v) is 12.0. The molecule has 0 bridgehead atoms. The lowest BCUT2D eigenvalue weighted by molar-refractivity contribution is 0.308. The predicted molar refractivity (Wildman–Crippen MR) is 78.6 cm³/mol. The van der Waals surface area contributed by atoms with Crippen LogP contribution in [-0.2, 0) is 6.54 Å². The molecule has 20 heavy (non-hydrogen) atoms. The van der Waals surface area contributed by atoms with Crippen molar-refractivity contribution >= 4 is 17.3 Å². The van der Waals surface area contributed by atoms with E-state index in [9.17, 15) is 0 Å². The summed E-state index contributed by atoms with van der Waals surface area (Å²) in [4.78, 5) is 18.0. The van der Waals surface area contributed by atoms with Crippen molar-refractivity contribution in [1.29, 1.82) is 0 Å². The zero-order valence-electron chi connectivity index (χ0n) is 11.2. The van der Waals surface area contributed by atoms with E-state index in [1.165, 1.54) is 18.1 Å². The first-order valence-corrected chi connectivity index (χ1v) is 7.89. The van der Waals surface area contributed by atoms with Crippen LogP contribution >= 0.6 is 11.3 Å². The predicted octanol–water partition coefficient (Wildman–Crippen LogP) is 1.50. The molecule has 2 saturated heterocycles. The molecule has 0 N–H and O–H groups in total. The Morgan fingerprint density at radius 2 is 1.75 bits per heavy atom. The molecule has 2 atom stereocenters. The molecule has 0 aromatic carbocycles. The minimum atomic E-state index is 0.749. The van der Waals surface area contributed by atoms with Crippen LogP contribution in [-0.4, -0.2) is 46.0 Å². The third kappa shape index (κ3) is 2.29. The van der Waals surface area contributed by atoms with Gasteiger partial charge in [0.2, 0.25) is 5.95 Å². The molecular formula is C14H17N5S. The van der Waals surface area contributed by atoms with Gasteiger partial charge in [-0.3, -0.25) is 4.90 Å². The van der Waals surface area contributed by atoms with Crippen molar-refractivity contribution in [2.24, 2.45) is 11.8 Å². The topological polar surface area (TPSA) is 45.2 Å². The molecule has 2 aromatic rings. The van der Waals surface area contributed by atoms with E-state index in [1.54, 1.807) is 11.3 Å². The van der Waals surface area contributed by atoms with Gasteiger partial charge in [-0.25, -0.2) is 15.0 Å². The van der Waals surface area contributed by atoms with Crippen LogP contribution in [0.2, 0.25) is 0 Å². The maximum atomic E-state index is 4.38. The van der Waals surface area contributed by atoms with Crippen LogP contribution in [0.5, 0.6) is 0 Å². The van der Waals surface area contributed by atoms with E-state index in [0.29, 0.717) is 0 Å². The first-order valence-electron chi connectivity index (χ1n) is 7.01. The maximum Gasteiger partial charge on any atom is 0.225 e. The van der Waals surface area contributed by atoms with Gasteiger partial charge in [-0.15, -0.1) is 11.3 Å². The van der Waals surface area contributed by atoms with Gasteiger partial charge in [0.1, 0.15) is 5.01 Å². The Labute approximate surface area is 122 Å². The van der Waals surface area contributed by atoms with Gasteiger partial charge in [0.15, 0.2) is 0 Å². The highest BCUT2D eigenvalue weighted by molar-refractivity contribution is 7.09. The molecule has 4 rings (SSSR count). The Kier molecular flexibility index (Phi) is 3.12. The third-order valence-electron chi connectivity index (χ3n) is 4.24. The van der Waals surface area contributed by atoms with Crippen LogP contribution in [0, 0.1) is 11.8 Å². The number of nitrogens with zero attached hydrogens (tertiary/aromatic N) is 5. The average molecular weight is 287 g/mol. The highest BCUT2D eigenvalue weighted by Gasteiger charge is 2.40. The van der Waals surface area contributed by atoms with Gasteiger partial charge in [0.05, 0.1) is 6.54 Å². The largest absolute Gasteiger partial charge is 0.340 e. The summed E-state index contributed by atoms with van der Waals surface area (Å²) in [5.74, 6) is 2.38. The molecule has 4 heterocycles. The summed E-state index contributed by atoms with van der Waals surface area (Å²) in [6.45, 7) is 5.53. The number of aromatic nitrogens is 3. The summed E-state index contributed by atoms with van der Waals surface area (Å²) in [5.41, 5.74) is 0. The fourth-order valence-corrected chi connectivity index (χ4v) is 4.02. The van der Waals surface area contributed by atoms with Crippen LogP contribution in [0.3, 0.4) is 0 Å². The normalized spacial score (nSPS) is 26.1. The zero-order chi connectivity index (χ0) is 13.4. The second-order valence-electron chi connectivity index (χ2n) is 5.59. The number of thiazole rings is 1. The van der Waals surface area contributed by atoms with E-state index in [0.717, 1.165) is 37.4 Å². The Hall–Kier alpha value is -1.53. The molecule has 0 radical (unpaired) electrons. The molecule has 2 aliphatic heterocycles. The second kappa shape index (κ2) is 5.10. The molecule has 2 aromatic heterocycles. The van der Waals surface area contributed by atoms with Gasteiger partial charge in [-0.05, 0) is 17.9 Å². The standard InChI is InChI=1S/C14H17N5S/c1-2-16-14(17-3-1)19-8-11-6-18(7-12(11)9-19)10-13-15-4-5-20-13/h1-5,11-12H,6-10H2/t11-,12-/m0/s1. The highest BCUT2D eigenvalue weighted by atomic mass is 32.1. The molecule has 0 saturated carbocycles. The van der Waals surface area contributed by atoms with Crippen molar-refractivity contribution < 1.29 is 0 Å². The number of rotatable bonds is 3. The van der Waals surface area contributed by atoms with E-state index < -0.39 is 0 Å². The molecular weight excluding hydrogens is 270 g/mol. The van der Waals surface area contributed by atoms with Gasteiger partial charge >= 0.3 is 0 Å². The molecule has 104 valence electrons. The van der Waals surface area contributed by atoms with Crippen LogP contribution in [0.4, 0.5) is 5.95 Å². The third-order valence-corrected chi connectivity index (χ3v) is 5.00. The minimum absolute atomic E-state index is 0.749. The summed E-state index contributed by atoms with van der Waals surface area (Å²) in [6.07, 6.45) is 5.54. The summed E-state index contributed by atoms with van der Waals surface area (Å²) < 4.78 is 0. The van der Waals surface area contributed by atoms with E-state index in [-0.39, 0.29) is 0 Å². The van der Waals surface area contributed by atoms with Gasteiger partial charge in [0.25, 0.3) is 0 Å². The fraction of sp³-hybridized carbons (Fsp3) is 0.500. The van der Waals surface area contributed by atoms with E-state index in [4.69, 9.17) is 0 Å². The highest BCUT2D eigenvalue weighted by Crippen LogP contribution is 2.33. The lowest BCUT2D eigenvalue weighted by Crippen LogP contribution is -2.29. The first-order chi connectivity index (χ1) is 9.88. The number of anilines is 1. The monoisotopic (exact) mass is 287 g/mol. The summed E-state index contributed by atoms with van der Waals surface area (Å²) in [5, 5.41) is 3.29. The Bertz CT molecular complexity index is 544. The number of likely N-dealkylation sites (tertiary alicyclic amines) is 1. The van der Waals surface area contributed by atoms with Crippen molar-refractivity contribution in [1.82, 2.24) is 19.9 Å². The molecule has 2 fully saturated rings. The van der Waals surface area contributed by atoms with E-state index >= 15 is 0 Å². The van der Waals surface area contributed by atoms with Crippen LogP contribution < -0.4 is 4.90 Å². The Balaban J connectivity index is 1.38. The number of hydrogen-bond donors (Lipinski definition) is 0. The summed E-state index contributed by atoms with van der Waals surface area (Å²) in [6, 6.07) is 1.87.